The van der Waals surface area contributed by atoms with E-state index in [1.54, 1.807) is 19.2 Å². The molecule has 3 rings (SSSR count). The molecule has 1 aliphatic rings. The molecule has 98 valence electrons. The van der Waals surface area contributed by atoms with E-state index in [0.717, 1.165) is 0 Å². The lowest BCUT2D eigenvalue weighted by molar-refractivity contribution is -0.128. The van der Waals surface area contributed by atoms with E-state index in [0.29, 0.717) is 17.2 Å². The highest BCUT2D eigenvalue weighted by Crippen LogP contribution is 2.33. The number of benzene rings is 1. The topological polar surface area (TPSA) is 76.2 Å². The molecule has 1 aromatic heterocycles. The Labute approximate surface area is 109 Å². The molecular formula is C13H13N3O3. The predicted octanol–water partition coefficient (Wildman–Crippen LogP) is 1.58. The minimum absolute atomic E-state index is 0.261. The molecule has 0 saturated heterocycles. The van der Waals surface area contributed by atoms with Gasteiger partial charge in [-0.3, -0.25) is 9.89 Å². The number of nitrogens with one attached hydrogen (secondary N) is 2. The normalized spacial score (nSPS) is 20.9. The third kappa shape index (κ3) is 2.24. The molecule has 0 saturated carbocycles. The standard InChI is InChI=1S/C13H13N3O3/c1-8-12(13(17)16-9-6-14-15-7-9)19-11-5-3-2-4-10(11)18-8/h2-8,12H,1H3,(H,14,15)(H,16,17)/t8-,12-/m1/s1. The zero-order chi connectivity index (χ0) is 13.2. The maximum Gasteiger partial charge on any atom is 0.269 e. The Morgan fingerprint density at radius 3 is 2.74 bits per heavy atom. The van der Waals surface area contributed by atoms with E-state index in [1.165, 1.54) is 6.20 Å². The van der Waals surface area contributed by atoms with Crippen molar-refractivity contribution in [1.29, 1.82) is 0 Å². The van der Waals surface area contributed by atoms with Crippen LogP contribution in [0.5, 0.6) is 11.5 Å². The van der Waals surface area contributed by atoms with Crippen molar-refractivity contribution in [3.63, 3.8) is 0 Å². The predicted molar refractivity (Wildman–Crippen MR) is 68.2 cm³/mol. The Bertz CT molecular complexity index is 583. The fourth-order valence-electron chi connectivity index (χ4n) is 1.94. The van der Waals surface area contributed by atoms with Gasteiger partial charge < -0.3 is 14.8 Å². The molecule has 0 bridgehead atoms. The van der Waals surface area contributed by atoms with E-state index >= 15 is 0 Å². The van der Waals surface area contributed by atoms with E-state index in [-0.39, 0.29) is 12.0 Å². The fourth-order valence-corrected chi connectivity index (χ4v) is 1.94. The van der Waals surface area contributed by atoms with Crippen LogP contribution in [0.15, 0.2) is 36.7 Å². The zero-order valence-corrected chi connectivity index (χ0v) is 10.3. The Kier molecular flexibility index (Phi) is 2.83. The number of anilines is 1. The van der Waals surface area contributed by atoms with Gasteiger partial charge in [-0.25, -0.2) is 0 Å². The van der Waals surface area contributed by atoms with Crippen LogP contribution < -0.4 is 14.8 Å². The second-order valence-corrected chi connectivity index (χ2v) is 4.28. The first-order valence-corrected chi connectivity index (χ1v) is 5.96. The molecule has 2 atom stereocenters. The van der Waals surface area contributed by atoms with Gasteiger partial charge in [0.1, 0.15) is 6.10 Å². The van der Waals surface area contributed by atoms with Crippen molar-refractivity contribution < 1.29 is 14.3 Å². The van der Waals surface area contributed by atoms with Gasteiger partial charge in [-0.15, -0.1) is 0 Å². The first kappa shape index (κ1) is 11.6. The van der Waals surface area contributed by atoms with Crippen molar-refractivity contribution in [3.8, 4) is 11.5 Å². The molecule has 1 aromatic carbocycles. The maximum absolute atomic E-state index is 12.1. The van der Waals surface area contributed by atoms with Crippen LogP contribution in [0.1, 0.15) is 6.92 Å². The lowest BCUT2D eigenvalue weighted by atomic mass is 10.1. The second kappa shape index (κ2) is 4.64. The summed E-state index contributed by atoms with van der Waals surface area (Å²) >= 11 is 0. The van der Waals surface area contributed by atoms with E-state index in [4.69, 9.17) is 9.47 Å². The van der Waals surface area contributed by atoms with Gasteiger partial charge in [0.25, 0.3) is 5.91 Å². The van der Waals surface area contributed by atoms with Crippen LogP contribution in [-0.2, 0) is 4.79 Å². The number of fused-ring (bicyclic) bond motifs is 1. The molecule has 0 spiro atoms. The summed E-state index contributed by atoms with van der Waals surface area (Å²) < 4.78 is 11.4. The molecule has 2 N–H and O–H groups in total. The highest BCUT2D eigenvalue weighted by Gasteiger charge is 2.34. The molecule has 2 heterocycles. The molecule has 0 aliphatic carbocycles. The zero-order valence-electron chi connectivity index (χ0n) is 10.3. The first-order chi connectivity index (χ1) is 9.24. The average Bonchev–Trinajstić information content (AvgIpc) is 2.90. The number of carbonyl (C=O) groups excluding carboxylic acids is 1. The third-order valence-electron chi connectivity index (χ3n) is 2.87. The van der Waals surface area contributed by atoms with Crippen LogP contribution in [0.25, 0.3) is 0 Å². The van der Waals surface area contributed by atoms with E-state index < -0.39 is 6.10 Å². The molecular weight excluding hydrogens is 246 g/mol. The quantitative estimate of drug-likeness (QED) is 0.858. The largest absolute Gasteiger partial charge is 0.482 e. The number of H-pyrrole nitrogens is 1. The van der Waals surface area contributed by atoms with Crippen LogP contribution in [0.3, 0.4) is 0 Å². The van der Waals surface area contributed by atoms with Crippen molar-refractivity contribution in [2.24, 2.45) is 0 Å². The lowest BCUT2D eigenvalue weighted by Crippen LogP contribution is -2.46. The van der Waals surface area contributed by atoms with Crippen LogP contribution in [0, 0.1) is 0 Å². The molecule has 0 fully saturated rings. The summed E-state index contributed by atoms with van der Waals surface area (Å²) in [5, 5.41) is 9.11. The van der Waals surface area contributed by atoms with Crippen LogP contribution >= 0.6 is 0 Å². The Morgan fingerprint density at radius 1 is 1.32 bits per heavy atom. The van der Waals surface area contributed by atoms with Gasteiger partial charge in [-0.2, -0.15) is 5.10 Å². The van der Waals surface area contributed by atoms with Crippen LogP contribution in [-0.4, -0.2) is 28.3 Å². The summed E-state index contributed by atoms with van der Waals surface area (Å²) in [6.45, 7) is 1.80. The first-order valence-electron chi connectivity index (χ1n) is 5.96. The molecule has 0 radical (unpaired) electrons. The summed E-state index contributed by atoms with van der Waals surface area (Å²) in [6.07, 6.45) is 2.08. The van der Waals surface area contributed by atoms with Crippen molar-refractivity contribution in [1.82, 2.24) is 10.2 Å². The number of aromatic nitrogens is 2. The summed E-state index contributed by atoms with van der Waals surface area (Å²) in [5.74, 6) is 0.971. The Hall–Kier alpha value is -2.50. The molecule has 1 aliphatic heterocycles. The lowest BCUT2D eigenvalue weighted by Gasteiger charge is -2.30. The van der Waals surface area contributed by atoms with Crippen LogP contribution in [0.4, 0.5) is 5.69 Å². The average molecular weight is 259 g/mol. The van der Waals surface area contributed by atoms with Crippen LogP contribution in [0.2, 0.25) is 0 Å². The maximum atomic E-state index is 12.1. The van der Waals surface area contributed by atoms with Gasteiger partial charge in [-0.1, -0.05) is 12.1 Å². The SMILES string of the molecule is C[C@H]1Oc2ccccc2O[C@H]1C(=O)Nc1cn[nH]c1. The minimum atomic E-state index is -0.690. The van der Waals surface area contributed by atoms with Gasteiger partial charge >= 0.3 is 0 Å². The van der Waals surface area contributed by atoms with Gasteiger partial charge in [0, 0.05) is 6.20 Å². The van der Waals surface area contributed by atoms with E-state index in [1.807, 2.05) is 18.2 Å². The number of para-hydroxylation sites is 2. The number of hydrogen-bond acceptors (Lipinski definition) is 4. The van der Waals surface area contributed by atoms with Gasteiger partial charge in [0.15, 0.2) is 11.5 Å². The fraction of sp³-hybridized carbons (Fsp3) is 0.231. The molecule has 1 amide bonds. The van der Waals surface area contributed by atoms with Gasteiger partial charge in [0.2, 0.25) is 6.10 Å². The Balaban J connectivity index is 1.77. The van der Waals surface area contributed by atoms with E-state index in [2.05, 4.69) is 15.5 Å². The summed E-state index contributed by atoms with van der Waals surface area (Å²) in [4.78, 5) is 12.1. The number of ether oxygens (including phenoxy) is 2. The van der Waals surface area contributed by atoms with Gasteiger partial charge in [-0.05, 0) is 19.1 Å². The summed E-state index contributed by atoms with van der Waals surface area (Å²) in [7, 11) is 0. The van der Waals surface area contributed by atoms with Crippen molar-refractivity contribution >= 4 is 11.6 Å². The summed E-state index contributed by atoms with van der Waals surface area (Å²) in [5.41, 5.74) is 0.597. The van der Waals surface area contributed by atoms with Crippen molar-refractivity contribution in [2.75, 3.05) is 5.32 Å². The Morgan fingerprint density at radius 2 is 2.05 bits per heavy atom. The highest BCUT2D eigenvalue weighted by molar-refractivity contribution is 5.94. The number of amides is 1. The highest BCUT2D eigenvalue weighted by atomic mass is 16.6. The molecule has 19 heavy (non-hydrogen) atoms. The number of nitrogens with zero attached hydrogens (tertiary/aromatic N) is 1. The molecule has 0 unspecified atom stereocenters. The van der Waals surface area contributed by atoms with E-state index in [9.17, 15) is 4.79 Å². The summed E-state index contributed by atoms with van der Waals surface area (Å²) in [6, 6.07) is 7.29. The monoisotopic (exact) mass is 259 g/mol. The van der Waals surface area contributed by atoms with Crippen molar-refractivity contribution in [2.45, 2.75) is 19.1 Å². The molecule has 6 nitrogen and oxygen atoms in total. The number of aromatic amines is 1. The van der Waals surface area contributed by atoms with Crippen molar-refractivity contribution in [3.05, 3.63) is 36.7 Å². The number of rotatable bonds is 2. The number of carbonyl (C=O) groups is 1. The third-order valence-corrected chi connectivity index (χ3v) is 2.87. The van der Waals surface area contributed by atoms with Gasteiger partial charge in [0.05, 0.1) is 11.9 Å². The molecule has 2 aromatic rings. The molecule has 6 heteroatoms. The smallest absolute Gasteiger partial charge is 0.269 e. The number of hydrogen-bond donors (Lipinski definition) is 2. The minimum Gasteiger partial charge on any atom is -0.482 e. The second-order valence-electron chi connectivity index (χ2n) is 4.28.